The summed E-state index contributed by atoms with van der Waals surface area (Å²) in [5.41, 5.74) is 1.05. The predicted octanol–water partition coefficient (Wildman–Crippen LogP) is 5.38. The van der Waals surface area contributed by atoms with E-state index in [2.05, 4.69) is 11.9 Å². The summed E-state index contributed by atoms with van der Waals surface area (Å²) in [7, 11) is 0. The molecule has 0 N–H and O–H groups in total. The SMILES string of the molecule is CCCOC(=S)SC(Cn1ccnc1)c1ccc(Cl)c(Cl)c1. The molecule has 118 valence electrons. The Kier molecular flexibility index (Phi) is 7.02. The number of thiocarbonyl (C=S) groups is 1. The van der Waals surface area contributed by atoms with Gasteiger partial charge >= 0.3 is 0 Å². The van der Waals surface area contributed by atoms with Gasteiger partial charge in [0.15, 0.2) is 0 Å². The minimum atomic E-state index is 0.0772. The van der Waals surface area contributed by atoms with Gasteiger partial charge in [0.1, 0.15) is 0 Å². The second-order valence-corrected chi connectivity index (χ2v) is 7.26. The van der Waals surface area contributed by atoms with Crippen molar-refractivity contribution in [1.29, 1.82) is 0 Å². The lowest BCUT2D eigenvalue weighted by atomic mass is 10.1. The van der Waals surface area contributed by atoms with E-state index in [4.69, 9.17) is 40.2 Å². The minimum absolute atomic E-state index is 0.0772. The van der Waals surface area contributed by atoms with Crippen molar-refractivity contribution in [1.82, 2.24) is 9.55 Å². The molecule has 0 fully saturated rings. The van der Waals surface area contributed by atoms with Crippen molar-refractivity contribution in [3.05, 3.63) is 52.5 Å². The smallest absolute Gasteiger partial charge is 0.220 e. The molecule has 1 heterocycles. The lowest BCUT2D eigenvalue weighted by Crippen LogP contribution is -2.09. The van der Waals surface area contributed by atoms with E-state index in [-0.39, 0.29) is 5.25 Å². The molecule has 7 heteroatoms. The van der Waals surface area contributed by atoms with Gasteiger partial charge in [0.05, 0.1) is 28.2 Å². The summed E-state index contributed by atoms with van der Waals surface area (Å²) in [5, 5.41) is 1.16. The summed E-state index contributed by atoms with van der Waals surface area (Å²) < 4.78 is 8.07. The number of rotatable bonds is 6. The Morgan fingerprint density at radius 2 is 2.23 bits per heavy atom. The van der Waals surface area contributed by atoms with Crippen LogP contribution in [0, 0.1) is 0 Å². The van der Waals surface area contributed by atoms with Gasteiger partial charge in [-0.1, -0.05) is 48.0 Å². The van der Waals surface area contributed by atoms with Gasteiger partial charge in [-0.15, -0.1) is 0 Å². The van der Waals surface area contributed by atoms with Gasteiger partial charge < -0.3 is 9.30 Å². The Bertz CT molecular complexity index is 620. The largest absolute Gasteiger partial charge is 0.479 e. The fraction of sp³-hybridized carbons (Fsp3) is 0.333. The first-order valence-electron chi connectivity index (χ1n) is 6.84. The maximum Gasteiger partial charge on any atom is 0.220 e. The van der Waals surface area contributed by atoms with E-state index < -0.39 is 0 Å². The summed E-state index contributed by atoms with van der Waals surface area (Å²) in [5.74, 6) is 0. The molecule has 1 aromatic carbocycles. The van der Waals surface area contributed by atoms with Gasteiger partial charge in [-0.25, -0.2) is 4.98 Å². The number of benzene rings is 1. The molecular weight excluding hydrogens is 359 g/mol. The Morgan fingerprint density at radius 3 is 2.86 bits per heavy atom. The van der Waals surface area contributed by atoms with Crippen LogP contribution < -0.4 is 0 Å². The van der Waals surface area contributed by atoms with Crippen LogP contribution in [0.5, 0.6) is 0 Å². The van der Waals surface area contributed by atoms with E-state index in [9.17, 15) is 0 Å². The number of thioether (sulfide) groups is 1. The van der Waals surface area contributed by atoms with Crippen LogP contribution in [0.15, 0.2) is 36.9 Å². The molecule has 0 aliphatic rings. The fourth-order valence-corrected chi connectivity index (χ4v) is 3.50. The minimum Gasteiger partial charge on any atom is -0.479 e. The molecule has 0 spiro atoms. The van der Waals surface area contributed by atoms with Gasteiger partial charge in [-0.05, 0) is 36.3 Å². The van der Waals surface area contributed by atoms with Crippen molar-refractivity contribution in [3.63, 3.8) is 0 Å². The Morgan fingerprint density at radius 1 is 1.41 bits per heavy atom. The van der Waals surface area contributed by atoms with E-state index in [1.807, 2.05) is 22.9 Å². The number of halogens is 2. The van der Waals surface area contributed by atoms with Crippen molar-refractivity contribution in [2.45, 2.75) is 25.1 Å². The maximum absolute atomic E-state index is 6.14. The molecule has 0 aliphatic heterocycles. The van der Waals surface area contributed by atoms with Crippen LogP contribution in [0.4, 0.5) is 0 Å². The molecule has 0 radical (unpaired) electrons. The first kappa shape index (κ1) is 17.6. The number of aromatic nitrogens is 2. The van der Waals surface area contributed by atoms with Gasteiger partial charge in [0, 0.05) is 18.9 Å². The Hall–Kier alpha value is -0.750. The highest BCUT2D eigenvalue weighted by Crippen LogP contribution is 2.35. The molecule has 22 heavy (non-hydrogen) atoms. The van der Waals surface area contributed by atoms with E-state index in [0.717, 1.165) is 18.5 Å². The molecule has 1 aromatic heterocycles. The number of imidazole rings is 1. The molecular formula is C15H16Cl2N2OS2. The zero-order chi connectivity index (χ0) is 15.9. The van der Waals surface area contributed by atoms with Crippen molar-refractivity contribution in [3.8, 4) is 0 Å². The van der Waals surface area contributed by atoms with Crippen LogP contribution in [0.3, 0.4) is 0 Å². The summed E-state index contributed by atoms with van der Waals surface area (Å²) in [6, 6.07) is 5.64. The summed E-state index contributed by atoms with van der Waals surface area (Å²) in [6.45, 7) is 3.40. The number of hydrogen-bond donors (Lipinski definition) is 0. The van der Waals surface area contributed by atoms with Crippen molar-refractivity contribution >= 4 is 51.6 Å². The van der Waals surface area contributed by atoms with E-state index in [0.29, 0.717) is 21.0 Å². The maximum atomic E-state index is 6.14. The normalized spacial score (nSPS) is 12.1. The van der Waals surface area contributed by atoms with E-state index >= 15 is 0 Å². The summed E-state index contributed by atoms with van der Waals surface area (Å²) >= 11 is 18.9. The quantitative estimate of drug-likeness (QED) is 0.634. The molecule has 2 aromatic rings. The van der Waals surface area contributed by atoms with Crippen molar-refractivity contribution < 1.29 is 4.74 Å². The van der Waals surface area contributed by atoms with Crippen LogP contribution in [-0.2, 0) is 11.3 Å². The molecule has 2 rings (SSSR count). The van der Waals surface area contributed by atoms with E-state index in [1.165, 1.54) is 11.8 Å². The van der Waals surface area contributed by atoms with Crippen molar-refractivity contribution in [2.24, 2.45) is 0 Å². The molecule has 0 amide bonds. The van der Waals surface area contributed by atoms with Gasteiger partial charge in [0.25, 0.3) is 0 Å². The third-order valence-electron chi connectivity index (χ3n) is 2.91. The van der Waals surface area contributed by atoms with E-state index in [1.54, 1.807) is 18.6 Å². The van der Waals surface area contributed by atoms with Crippen LogP contribution in [0.1, 0.15) is 24.2 Å². The number of hydrogen-bond acceptors (Lipinski definition) is 4. The lowest BCUT2D eigenvalue weighted by molar-refractivity contribution is 0.321. The van der Waals surface area contributed by atoms with Crippen LogP contribution >= 0.6 is 47.2 Å². The summed E-state index contributed by atoms with van der Waals surface area (Å²) in [4.78, 5) is 4.07. The Balaban J connectivity index is 2.16. The first-order valence-corrected chi connectivity index (χ1v) is 8.88. The van der Waals surface area contributed by atoms with Gasteiger partial charge in [-0.3, -0.25) is 0 Å². The Labute approximate surface area is 150 Å². The lowest BCUT2D eigenvalue weighted by Gasteiger charge is -2.18. The number of ether oxygens (including phenoxy) is 1. The fourth-order valence-electron chi connectivity index (χ4n) is 1.85. The molecule has 3 nitrogen and oxygen atoms in total. The van der Waals surface area contributed by atoms with Crippen molar-refractivity contribution in [2.75, 3.05) is 6.61 Å². The standard InChI is InChI=1S/C15H16Cl2N2OS2/c1-2-7-20-15(21)22-14(9-19-6-5-18-10-19)11-3-4-12(16)13(17)8-11/h3-6,8,10,14H,2,7,9H2,1H3. The summed E-state index contributed by atoms with van der Waals surface area (Å²) in [6.07, 6.45) is 6.38. The van der Waals surface area contributed by atoms with Crippen LogP contribution in [0.2, 0.25) is 10.0 Å². The zero-order valence-corrected chi connectivity index (χ0v) is 15.2. The molecule has 1 atom stereocenters. The zero-order valence-electron chi connectivity index (χ0n) is 12.0. The highest BCUT2D eigenvalue weighted by molar-refractivity contribution is 8.22. The highest BCUT2D eigenvalue weighted by atomic mass is 35.5. The van der Waals surface area contributed by atoms with Crippen LogP contribution in [-0.4, -0.2) is 20.5 Å². The molecule has 0 saturated heterocycles. The second kappa shape index (κ2) is 8.77. The van der Waals surface area contributed by atoms with Crippen LogP contribution in [0.25, 0.3) is 0 Å². The second-order valence-electron chi connectivity index (χ2n) is 4.64. The predicted molar refractivity (Wildman–Crippen MR) is 97.9 cm³/mol. The third-order valence-corrected chi connectivity index (χ3v) is 5.08. The molecule has 1 unspecified atom stereocenters. The molecule has 0 saturated carbocycles. The monoisotopic (exact) mass is 374 g/mol. The average Bonchev–Trinajstić information content (AvgIpc) is 3.00. The van der Waals surface area contributed by atoms with Gasteiger partial charge in [-0.2, -0.15) is 0 Å². The number of nitrogens with zero attached hydrogens (tertiary/aromatic N) is 2. The third kappa shape index (κ3) is 5.16. The average molecular weight is 375 g/mol. The first-order chi connectivity index (χ1) is 10.6. The highest BCUT2D eigenvalue weighted by Gasteiger charge is 2.17. The topological polar surface area (TPSA) is 27.1 Å². The molecule has 0 aliphatic carbocycles. The molecule has 0 bridgehead atoms. The van der Waals surface area contributed by atoms with Gasteiger partial charge in [0.2, 0.25) is 4.38 Å².